The number of carboxylic acid groups (broad SMARTS) is 1. The average Bonchev–Trinajstić information content (AvgIpc) is 3.47. The van der Waals surface area contributed by atoms with Gasteiger partial charge in [0.25, 0.3) is 0 Å². The lowest BCUT2D eigenvalue weighted by atomic mass is 10.1. The average molecular weight is 420 g/mol. The minimum absolute atomic E-state index is 0.253. The highest BCUT2D eigenvalue weighted by Gasteiger charge is 2.43. The number of aliphatic carboxylic acids is 1. The molecule has 2 fully saturated rings. The maximum Gasteiger partial charge on any atom is 0.326 e. The molecule has 0 radical (unpaired) electrons. The molecule has 4 atom stereocenters. The van der Waals surface area contributed by atoms with E-state index < -0.39 is 36.0 Å². The van der Waals surface area contributed by atoms with Crippen molar-refractivity contribution in [2.24, 2.45) is 5.73 Å². The number of nitrogens with two attached hydrogens (primary N) is 1. The van der Waals surface area contributed by atoms with E-state index in [0.29, 0.717) is 44.5 Å². The maximum absolute atomic E-state index is 13.0. The molecule has 11 nitrogen and oxygen atoms in total. The Hall–Kier alpha value is -2.95. The van der Waals surface area contributed by atoms with Crippen LogP contribution in [0.3, 0.4) is 0 Å². The zero-order valence-corrected chi connectivity index (χ0v) is 16.9. The second-order valence-corrected chi connectivity index (χ2v) is 7.84. The fraction of sp³-hybridized carbons (Fsp3) is 0.632. The zero-order valence-electron chi connectivity index (χ0n) is 16.9. The lowest BCUT2D eigenvalue weighted by Crippen LogP contribution is -2.56. The predicted octanol–water partition coefficient (Wildman–Crippen LogP) is -1.15. The molecule has 0 saturated carbocycles. The molecule has 164 valence electrons. The summed E-state index contributed by atoms with van der Waals surface area (Å²) in [7, 11) is 0. The van der Waals surface area contributed by atoms with Gasteiger partial charge in [0.2, 0.25) is 17.7 Å². The first-order chi connectivity index (χ1) is 14.3. The van der Waals surface area contributed by atoms with Gasteiger partial charge < -0.3 is 30.9 Å². The van der Waals surface area contributed by atoms with Gasteiger partial charge in [-0.15, -0.1) is 0 Å². The minimum atomic E-state index is -1.02. The Bertz CT molecular complexity index is 797. The largest absolute Gasteiger partial charge is 0.480 e. The smallest absolute Gasteiger partial charge is 0.326 e. The van der Waals surface area contributed by atoms with Crippen molar-refractivity contribution < 1.29 is 24.3 Å². The summed E-state index contributed by atoms with van der Waals surface area (Å²) in [4.78, 5) is 59.2. The number of aromatic nitrogens is 2. The first-order valence-corrected chi connectivity index (χ1v) is 10.2. The molecule has 3 heterocycles. The van der Waals surface area contributed by atoms with E-state index in [4.69, 9.17) is 5.73 Å². The summed E-state index contributed by atoms with van der Waals surface area (Å²) in [6.45, 7) is 2.32. The summed E-state index contributed by atoms with van der Waals surface area (Å²) in [6, 6.07) is -3.24. The fourth-order valence-corrected chi connectivity index (χ4v) is 4.12. The van der Waals surface area contributed by atoms with Crippen molar-refractivity contribution in [3.8, 4) is 0 Å². The van der Waals surface area contributed by atoms with E-state index in [9.17, 15) is 24.3 Å². The van der Waals surface area contributed by atoms with E-state index in [1.165, 1.54) is 16.1 Å². The number of hydrogen-bond donors (Lipinski definition) is 4. The Morgan fingerprint density at radius 1 is 1.23 bits per heavy atom. The van der Waals surface area contributed by atoms with E-state index >= 15 is 0 Å². The highest BCUT2D eigenvalue weighted by Crippen LogP contribution is 2.25. The maximum atomic E-state index is 13.0. The van der Waals surface area contributed by atoms with E-state index in [1.807, 2.05) is 0 Å². The third-order valence-corrected chi connectivity index (χ3v) is 5.70. The normalized spacial score (nSPS) is 23.3. The van der Waals surface area contributed by atoms with Crippen LogP contribution < -0.4 is 11.1 Å². The quantitative estimate of drug-likeness (QED) is 0.433. The van der Waals surface area contributed by atoms with Gasteiger partial charge >= 0.3 is 5.97 Å². The number of nitrogens with zero attached hydrogens (tertiary/aromatic N) is 3. The third-order valence-electron chi connectivity index (χ3n) is 5.70. The van der Waals surface area contributed by atoms with Gasteiger partial charge in [0.05, 0.1) is 12.4 Å². The van der Waals surface area contributed by atoms with Gasteiger partial charge in [0.1, 0.15) is 18.1 Å². The molecule has 1 aromatic rings. The number of carbonyl (C=O) groups excluding carboxylic acids is 3. The van der Waals surface area contributed by atoms with Gasteiger partial charge in [-0.1, -0.05) is 0 Å². The van der Waals surface area contributed by atoms with Crippen molar-refractivity contribution in [2.75, 3.05) is 13.1 Å². The molecule has 2 saturated heterocycles. The zero-order chi connectivity index (χ0) is 21.8. The molecule has 0 bridgehead atoms. The van der Waals surface area contributed by atoms with Crippen molar-refractivity contribution in [3.05, 3.63) is 18.2 Å². The van der Waals surface area contributed by atoms with Crippen molar-refractivity contribution in [1.29, 1.82) is 0 Å². The van der Waals surface area contributed by atoms with Crippen LogP contribution in [0.5, 0.6) is 0 Å². The summed E-state index contributed by atoms with van der Waals surface area (Å²) >= 11 is 0. The molecular formula is C19H28N6O5. The third kappa shape index (κ3) is 4.61. The standard InChI is InChI=1S/C19H28N6O5/c1-11(23-16(26)13(20)8-12-9-21-10-22-12)17(27)24-6-2-4-14(24)18(28)25-7-3-5-15(25)19(29)30/h9-11,13-15H,2-8,20H2,1H3,(H,21,22)(H,23,26)(H,29,30). The van der Waals surface area contributed by atoms with Crippen molar-refractivity contribution in [2.45, 2.75) is 63.2 Å². The summed E-state index contributed by atoms with van der Waals surface area (Å²) in [5.74, 6) is -2.21. The van der Waals surface area contributed by atoms with Crippen LogP contribution in [0, 0.1) is 0 Å². The summed E-state index contributed by atoms with van der Waals surface area (Å²) in [6.07, 6.45) is 5.49. The van der Waals surface area contributed by atoms with Crippen LogP contribution >= 0.6 is 0 Å². The summed E-state index contributed by atoms with van der Waals surface area (Å²) in [5.41, 5.74) is 6.62. The van der Waals surface area contributed by atoms with Crippen molar-refractivity contribution in [1.82, 2.24) is 25.1 Å². The van der Waals surface area contributed by atoms with Crippen LogP contribution in [-0.2, 0) is 25.6 Å². The topological polar surface area (TPSA) is 162 Å². The van der Waals surface area contributed by atoms with E-state index in [1.54, 1.807) is 13.1 Å². The minimum Gasteiger partial charge on any atom is -0.480 e. The van der Waals surface area contributed by atoms with E-state index in [2.05, 4.69) is 15.3 Å². The second kappa shape index (κ2) is 9.24. The summed E-state index contributed by atoms with van der Waals surface area (Å²) in [5, 5.41) is 12.0. The van der Waals surface area contributed by atoms with Gasteiger partial charge in [-0.05, 0) is 32.6 Å². The highest BCUT2D eigenvalue weighted by molar-refractivity contribution is 5.94. The number of amides is 3. The number of carbonyl (C=O) groups is 4. The number of hydrogen-bond acceptors (Lipinski definition) is 6. The number of nitrogens with one attached hydrogen (secondary N) is 2. The number of imidazole rings is 1. The molecule has 2 aliphatic rings. The van der Waals surface area contributed by atoms with Crippen LogP contribution in [0.25, 0.3) is 0 Å². The molecule has 0 aromatic carbocycles. The van der Waals surface area contributed by atoms with Gasteiger partial charge in [-0.2, -0.15) is 0 Å². The lowest BCUT2D eigenvalue weighted by Gasteiger charge is -2.31. The highest BCUT2D eigenvalue weighted by atomic mass is 16.4. The van der Waals surface area contributed by atoms with Gasteiger partial charge in [0.15, 0.2) is 0 Å². The lowest BCUT2D eigenvalue weighted by molar-refractivity contribution is -0.152. The van der Waals surface area contributed by atoms with Gasteiger partial charge in [-0.3, -0.25) is 14.4 Å². The molecule has 2 aliphatic heterocycles. The molecule has 30 heavy (non-hydrogen) atoms. The van der Waals surface area contributed by atoms with Crippen LogP contribution in [0.2, 0.25) is 0 Å². The molecule has 0 aliphatic carbocycles. The Balaban J connectivity index is 1.59. The van der Waals surface area contributed by atoms with Gasteiger partial charge in [0, 0.05) is 31.4 Å². The van der Waals surface area contributed by atoms with Gasteiger partial charge in [-0.25, -0.2) is 9.78 Å². The first kappa shape index (κ1) is 21.8. The number of carboxylic acids is 1. The monoisotopic (exact) mass is 420 g/mol. The SMILES string of the molecule is CC(NC(=O)C(N)Cc1cnc[nH]1)C(=O)N1CCCC1C(=O)N1CCCC1C(=O)O. The molecule has 5 N–H and O–H groups in total. The number of H-pyrrole nitrogens is 1. The molecule has 3 rings (SSSR count). The Morgan fingerprint density at radius 3 is 2.53 bits per heavy atom. The van der Waals surface area contributed by atoms with Crippen LogP contribution in [0.15, 0.2) is 12.5 Å². The molecule has 4 unspecified atom stereocenters. The summed E-state index contributed by atoms with van der Waals surface area (Å²) < 4.78 is 0. The van der Waals surface area contributed by atoms with Crippen molar-refractivity contribution in [3.63, 3.8) is 0 Å². The second-order valence-electron chi connectivity index (χ2n) is 7.84. The van der Waals surface area contributed by atoms with E-state index in [0.717, 1.165) is 0 Å². The van der Waals surface area contributed by atoms with E-state index in [-0.39, 0.29) is 18.2 Å². The predicted molar refractivity (Wildman–Crippen MR) is 105 cm³/mol. The molecule has 11 heteroatoms. The first-order valence-electron chi connectivity index (χ1n) is 10.2. The molecule has 3 amide bonds. The van der Waals surface area contributed by atoms with Crippen LogP contribution in [-0.4, -0.2) is 85.8 Å². The molecule has 0 spiro atoms. The Kier molecular flexibility index (Phi) is 6.70. The molecule has 1 aromatic heterocycles. The number of likely N-dealkylation sites (tertiary alicyclic amines) is 2. The number of rotatable bonds is 7. The molecular weight excluding hydrogens is 392 g/mol. The number of aromatic amines is 1. The Labute approximate surface area is 174 Å². The van der Waals surface area contributed by atoms with Crippen molar-refractivity contribution >= 4 is 23.7 Å². The van der Waals surface area contributed by atoms with Crippen LogP contribution in [0.1, 0.15) is 38.3 Å². The Morgan fingerprint density at radius 2 is 1.90 bits per heavy atom. The van der Waals surface area contributed by atoms with Crippen LogP contribution in [0.4, 0.5) is 0 Å². The fourth-order valence-electron chi connectivity index (χ4n) is 4.12.